The summed E-state index contributed by atoms with van der Waals surface area (Å²) in [6.07, 6.45) is 2.15. The normalized spacial score (nSPS) is 13.9. The van der Waals surface area contributed by atoms with Crippen molar-refractivity contribution in [3.8, 4) is 11.1 Å². The Bertz CT molecular complexity index is 749. The molecule has 2 aromatic rings. The molecule has 0 atom stereocenters. The number of amides is 1. The van der Waals surface area contributed by atoms with Gasteiger partial charge >= 0.3 is 0 Å². The van der Waals surface area contributed by atoms with Gasteiger partial charge in [0.2, 0.25) is 5.91 Å². The molecule has 22 heavy (non-hydrogen) atoms. The number of aryl methyl sites for hydroxylation is 1. The molecule has 0 unspecified atom stereocenters. The first kappa shape index (κ1) is 14.4. The minimum Gasteiger partial charge on any atom is -0.369 e. The van der Waals surface area contributed by atoms with E-state index in [4.69, 9.17) is 5.73 Å². The van der Waals surface area contributed by atoms with Gasteiger partial charge in [-0.3, -0.25) is 14.6 Å². The van der Waals surface area contributed by atoms with Crippen LogP contribution in [-0.4, -0.2) is 16.7 Å². The molecule has 1 aliphatic rings. The van der Waals surface area contributed by atoms with Crippen molar-refractivity contribution in [3.63, 3.8) is 0 Å². The van der Waals surface area contributed by atoms with Gasteiger partial charge in [0.25, 0.3) is 0 Å². The third kappa shape index (κ3) is 3.22. The quantitative estimate of drug-likeness (QED) is 0.680. The number of pyridine rings is 1. The predicted molar refractivity (Wildman–Crippen MR) is 84.5 cm³/mol. The Kier molecular flexibility index (Phi) is 3.75. The summed E-state index contributed by atoms with van der Waals surface area (Å²) >= 11 is 0. The first-order chi connectivity index (χ1) is 10.5. The average Bonchev–Trinajstić information content (AvgIpc) is 3.30. The van der Waals surface area contributed by atoms with Crippen LogP contribution in [0.3, 0.4) is 0 Å². The fourth-order valence-electron chi connectivity index (χ4n) is 2.58. The molecule has 0 aliphatic heterocycles. The van der Waals surface area contributed by atoms with Crippen LogP contribution in [0, 0.1) is 6.92 Å². The van der Waals surface area contributed by atoms with E-state index in [2.05, 4.69) is 11.1 Å². The van der Waals surface area contributed by atoms with Crippen LogP contribution >= 0.6 is 0 Å². The molecule has 1 aliphatic carbocycles. The zero-order valence-corrected chi connectivity index (χ0v) is 12.5. The standard InChI is InChI=1S/C18H18N2O2/c1-11-7-15(9-16(20-11)12-5-6-12)13-3-2-4-14(8-13)17(21)10-18(19)22/h2-4,7-9,12H,5-6,10H2,1H3,(H2,19,22). The van der Waals surface area contributed by atoms with E-state index in [1.165, 1.54) is 12.8 Å². The van der Waals surface area contributed by atoms with E-state index in [0.29, 0.717) is 11.5 Å². The van der Waals surface area contributed by atoms with Crippen LogP contribution in [0.5, 0.6) is 0 Å². The van der Waals surface area contributed by atoms with E-state index in [0.717, 1.165) is 22.5 Å². The van der Waals surface area contributed by atoms with Crippen molar-refractivity contribution < 1.29 is 9.59 Å². The molecule has 4 nitrogen and oxygen atoms in total. The maximum atomic E-state index is 12.0. The highest BCUT2D eigenvalue weighted by Gasteiger charge is 2.25. The Morgan fingerprint density at radius 1 is 1.18 bits per heavy atom. The molecule has 1 saturated carbocycles. The third-order valence-electron chi connectivity index (χ3n) is 3.82. The van der Waals surface area contributed by atoms with E-state index < -0.39 is 5.91 Å². The lowest BCUT2D eigenvalue weighted by atomic mass is 9.99. The van der Waals surface area contributed by atoms with Gasteiger partial charge in [-0.15, -0.1) is 0 Å². The molecule has 0 radical (unpaired) electrons. The van der Waals surface area contributed by atoms with E-state index in [1.54, 1.807) is 6.07 Å². The number of hydrogen-bond acceptors (Lipinski definition) is 3. The SMILES string of the molecule is Cc1cc(-c2cccc(C(=O)CC(N)=O)c2)cc(C2CC2)n1. The van der Waals surface area contributed by atoms with Crippen molar-refractivity contribution in [2.75, 3.05) is 0 Å². The first-order valence-electron chi connectivity index (χ1n) is 7.43. The number of aromatic nitrogens is 1. The van der Waals surface area contributed by atoms with Crippen molar-refractivity contribution >= 4 is 11.7 Å². The fourth-order valence-corrected chi connectivity index (χ4v) is 2.58. The van der Waals surface area contributed by atoms with E-state index in [-0.39, 0.29) is 12.2 Å². The van der Waals surface area contributed by atoms with Gasteiger partial charge in [0.15, 0.2) is 5.78 Å². The van der Waals surface area contributed by atoms with Crippen LogP contribution in [0.4, 0.5) is 0 Å². The minimum absolute atomic E-state index is 0.248. The summed E-state index contributed by atoms with van der Waals surface area (Å²) in [6.45, 7) is 1.98. The Labute approximate surface area is 129 Å². The monoisotopic (exact) mass is 294 g/mol. The fraction of sp³-hybridized carbons (Fsp3) is 0.278. The molecule has 1 heterocycles. The summed E-state index contributed by atoms with van der Waals surface area (Å²) < 4.78 is 0. The number of rotatable bonds is 5. The predicted octanol–water partition coefficient (Wildman–Crippen LogP) is 2.99. The third-order valence-corrected chi connectivity index (χ3v) is 3.82. The number of nitrogens with two attached hydrogens (primary N) is 1. The van der Waals surface area contributed by atoms with Crippen LogP contribution in [0.1, 0.15) is 46.9 Å². The second-order valence-electron chi connectivity index (χ2n) is 5.84. The van der Waals surface area contributed by atoms with Gasteiger partial charge in [-0.05, 0) is 49.1 Å². The number of primary amides is 1. The van der Waals surface area contributed by atoms with Crippen LogP contribution in [0.25, 0.3) is 11.1 Å². The van der Waals surface area contributed by atoms with E-state index in [9.17, 15) is 9.59 Å². The number of ketones is 1. The molecule has 112 valence electrons. The van der Waals surface area contributed by atoms with Crippen molar-refractivity contribution in [3.05, 3.63) is 53.3 Å². The molecule has 0 spiro atoms. The first-order valence-corrected chi connectivity index (χ1v) is 7.43. The second kappa shape index (κ2) is 5.72. The van der Waals surface area contributed by atoms with Gasteiger partial charge in [-0.25, -0.2) is 0 Å². The van der Waals surface area contributed by atoms with Crippen LogP contribution < -0.4 is 5.73 Å². The molecule has 0 bridgehead atoms. The Hall–Kier alpha value is -2.49. The Morgan fingerprint density at radius 3 is 2.64 bits per heavy atom. The Balaban J connectivity index is 1.95. The summed E-state index contributed by atoms with van der Waals surface area (Å²) in [5.74, 6) is -0.271. The van der Waals surface area contributed by atoms with Crippen LogP contribution in [-0.2, 0) is 4.79 Å². The molecule has 1 aromatic heterocycles. The number of carbonyl (C=O) groups is 2. The smallest absolute Gasteiger partial charge is 0.225 e. The zero-order valence-electron chi connectivity index (χ0n) is 12.5. The molecular weight excluding hydrogens is 276 g/mol. The topological polar surface area (TPSA) is 73.1 Å². The zero-order chi connectivity index (χ0) is 15.7. The molecule has 3 rings (SSSR count). The van der Waals surface area contributed by atoms with Gasteiger partial charge in [0.05, 0.1) is 6.42 Å². The van der Waals surface area contributed by atoms with Crippen molar-refractivity contribution in [1.82, 2.24) is 4.98 Å². The second-order valence-corrected chi connectivity index (χ2v) is 5.84. The maximum Gasteiger partial charge on any atom is 0.225 e. The number of hydrogen-bond donors (Lipinski definition) is 1. The Morgan fingerprint density at radius 2 is 1.95 bits per heavy atom. The number of benzene rings is 1. The highest BCUT2D eigenvalue weighted by molar-refractivity contribution is 6.07. The molecule has 1 amide bonds. The molecular formula is C18H18N2O2. The maximum absolute atomic E-state index is 12.0. The summed E-state index contributed by atoms with van der Waals surface area (Å²) in [5.41, 5.74) is 9.73. The van der Waals surface area contributed by atoms with Gasteiger partial charge in [0, 0.05) is 22.9 Å². The molecule has 4 heteroatoms. The van der Waals surface area contributed by atoms with E-state index >= 15 is 0 Å². The highest BCUT2D eigenvalue weighted by Crippen LogP contribution is 2.40. The highest BCUT2D eigenvalue weighted by atomic mass is 16.2. The average molecular weight is 294 g/mol. The van der Waals surface area contributed by atoms with Gasteiger partial charge in [0.1, 0.15) is 0 Å². The molecule has 1 aromatic carbocycles. The van der Waals surface area contributed by atoms with Crippen molar-refractivity contribution in [2.45, 2.75) is 32.1 Å². The molecule has 1 fully saturated rings. The van der Waals surface area contributed by atoms with Gasteiger partial charge in [-0.1, -0.05) is 18.2 Å². The number of Topliss-reactive ketones (excluding diaryl/α,β-unsaturated/α-hetero) is 1. The largest absolute Gasteiger partial charge is 0.369 e. The van der Waals surface area contributed by atoms with Crippen LogP contribution in [0.2, 0.25) is 0 Å². The minimum atomic E-state index is -0.605. The lowest BCUT2D eigenvalue weighted by molar-refractivity contribution is -0.117. The van der Waals surface area contributed by atoms with Crippen molar-refractivity contribution in [1.29, 1.82) is 0 Å². The number of nitrogens with zero attached hydrogens (tertiary/aromatic N) is 1. The van der Waals surface area contributed by atoms with Crippen LogP contribution in [0.15, 0.2) is 36.4 Å². The molecule has 0 saturated heterocycles. The summed E-state index contributed by atoms with van der Waals surface area (Å²) in [7, 11) is 0. The van der Waals surface area contributed by atoms with Gasteiger partial charge in [-0.2, -0.15) is 0 Å². The van der Waals surface area contributed by atoms with Gasteiger partial charge < -0.3 is 5.73 Å². The molecule has 2 N–H and O–H groups in total. The summed E-state index contributed by atoms with van der Waals surface area (Å²) in [5, 5.41) is 0. The summed E-state index contributed by atoms with van der Waals surface area (Å²) in [4.78, 5) is 27.5. The lowest BCUT2D eigenvalue weighted by Gasteiger charge is -2.08. The lowest BCUT2D eigenvalue weighted by Crippen LogP contribution is -2.16. The van der Waals surface area contributed by atoms with E-state index in [1.807, 2.05) is 31.2 Å². The number of carbonyl (C=O) groups excluding carboxylic acids is 2. The summed E-state index contributed by atoms with van der Waals surface area (Å²) in [6, 6.07) is 11.4. The van der Waals surface area contributed by atoms with Crippen molar-refractivity contribution in [2.24, 2.45) is 5.73 Å².